The minimum Gasteiger partial charge on any atom is -0.391 e. The summed E-state index contributed by atoms with van der Waals surface area (Å²) in [6.45, 7) is 2.23. The number of anilines is 1. The van der Waals surface area contributed by atoms with Gasteiger partial charge in [-0.1, -0.05) is 6.92 Å². The lowest BCUT2D eigenvalue weighted by Crippen LogP contribution is -2.19. The first-order chi connectivity index (χ1) is 6.61. The van der Waals surface area contributed by atoms with Crippen LogP contribution in [-0.2, 0) is 0 Å². The zero-order valence-corrected chi connectivity index (χ0v) is 9.05. The van der Waals surface area contributed by atoms with Crippen LogP contribution in [0.1, 0.15) is 13.3 Å². The van der Waals surface area contributed by atoms with Crippen LogP contribution >= 0.6 is 23.2 Å². The van der Waals surface area contributed by atoms with Gasteiger partial charge in [0.25, 0.3) is 0 Å². The summed E-state index contributed by atoms with van der Waals surface area (Å²) in [7, 11) is 0. The Morgan fingerprint density at radius 3 is 2.36 bits per heavy atom. The van der Waals surface area contributed by atoms with E-state index in [9.17, 15) is 5.11 Å². The predicted octanol–water partition coefficient (Wildman–Crippen LogP) is 1.36. The Morgan fingerprint density at radius 2 is 1.86 bits per heavy atom. The molecule has 7 heteroatoms. The molecule has 5 nitrogen and oxygen atoms in total. The molecule has 0 radical (unpaired) electrons. The number of halogens is 2. The Kier molecular flexibility index (Phi) is 4.31. The molecule has 2 N–H and O–H groups in total. The molecule has 0 aliphatic rings. The molecule has 1 unspecified atom stereocenters. The Hall–Kier alpha value is -0.650. The molecule has 1 aromatic heterocycles. The predicted molar refractivity (Wildman–Crippen MR) is 54.6 cm³/mol. The summed E-state index contributed by atoms with van der Waals surface area (Å²) in [5.41, 5.74) is 0. The highest BCUT2D eigenvalue weighted by molar-refractivity contribution is 6.31. The Bertz CT molecular complexity index is 289. The minimum atomic E-state index is -0.440. The zero-order valence-electron chi connectivity index (χ0n) is 7.54. The fourth-order valence-electron chi connectivity index (χ4n) is 0.758. The van der Waals surface area contributed by atoms with Gasteiger partial charge >= 0.3 is 0 Å². The second-order valence-electron chi connectivity index (χ2n) is 2.64. The summed E-state index contributed by atoms with van der Waals surface area (Å²) in [6.07, 6.45) is 0.212. The number of hydrogen-bond acceptors (Lipinski definition) is 5. The van der Waals surface area contributed by atoms with Gasteiger partial charge in [-0.3, -0.25) is 0 Å². The second-order valence-corrected chi connectivity index (χ2v) is 3.32. The lowest BCUT2D eigenvalue weighted by molar-refractivity contribution is 0.183. The van der Waals surface area contributed by atoms with E-state index in [4.69, 9.17) is 23.2 Å². The van der Waals surface area contributed by atoms with Crippen LogP contribution in [0.5, 0.6) is 0 Å². The number of hydrogen-bond donors (Lipinski definition) is 2. The number of nitrogens with zero attached hydrogens (tertiary/aromatic N) is 3. The first-order valence-corrected chi connectivity index (χ1v) is 4.86. The summed E-state index contributed by atoms with van der Waals surface area (Å²) < 4.78 is 0. The first kappa shape index (κ1) is 11.4. The van der Waals surface area contributed by atoms with Crippen LogP contribution < -0.4 is 5.32 Å². The van der Waals surface area contributed by atoms with Gasteiger partial charge in [-0.15, -0.1) is 0 Å². The number of aliphatic hydroxyl groups is 1. The van der Waals surface area contributed by atoms with Crippen molar-refractivity contribution in [1.82, 2.24) is 15.0 Å². The monoisotopic (exact) mass is 236 g/mol. The Morgan fingerprint density at radius 1 is 1.29 bits per heavy atom. The molecule has 0 amide bonds. The van der Waals surface area contributed by atoms with Crippen LogP contribution in [0.3, 0.4) is 0 Å². The standard InChI is InChI=1S/C7H10Cl2N4O/c1-2-4(14)3-10-7-12-5(8)11-6(9)13-7/h4,14H,2-3H2,1H3,(H,10,11,12,13). The van der Waals surface area contributed by atoms with Gasteiger partial charge in [-0.05, 0) is 29.6 Å². The molecule has 1 aromatic rings. The summed E-state index contributed by atoms with van der Waals surface area (Å²) in [6, 6.07) is 0. The highest BCUT2D eigenvalue weighted by Gasteiger charge is 2.04. The van der Waals surface area contributed by atoms with Gasteiger partial charge in [0.2, 0.25) is 16.5 Å². The average Bonchev–Trinajstić information content (AvgIpc) is 2.12. The number of nitrogens with one attached hydrogen (secondary N) is 1. The Balaban J connectivity index is 2.58. The van der Waals surface area contributed by atoms with Gasteiger partial charge in [0, 0.05) is 6.54 Å². The maximum Gasteiger partial charge on any atom is 0.228 e. The molecular weight excluding hydrogens is 227 g/mol. The van der Waals surface area contributed by atoms with Crippen molar-refractivity contribution in [2.24, 2.45) is 0 Å². The average molecular weight is 237 g/mol. The van der Waals surface area contributed by atoms with Crippen molar-refractivity contribution >= 4 is 29.2 Å². The van der Waals surface area contributed by atoms with Gasteiger partial charge in [0.05, 0.1) is 6.10 Å². The Labute approximate surface area is 91.5 Å². The van der Waals surface area contributed by atoms with E-state index in [1.165, 1.54) is 0 Å². The topological polar surface area (TPSA) is 70.9 Å². The largest absolute Gasteiger partial charge is 0.391 e. The van der Waals surface area contributed by atoms with Gasteiger partial charge in [0.1, 0.15) is 0 Å². The second kappa shape index (κ2) is 5.29. The maximum absolute atomic E-state index is 9.26. The molecular formula is C7H10Cl2N4O. The molecule has 0 aliphatic carbocycles. The van der Waals surface area contributed by atoms with Crippen molar-refractivity contribution in [3.8, 4) is 0 Å². The summed E-state index contributed by atoms with van der Waals surface area (Å²) >= 11 is 11.1. The lowest BCUT2D eigenvalue weighted by Gasteiger charge is -2.08. The third-order valence-corrected chi connectivity index (χ3v) is 1.89. The smallest absolute Gasteiger partial charge is 0.228 e. The van der Waals surface area contributed by atoms with Crippen molar-refractivity contribution in [1.29, 1.82) is 0 Å². The van der Waals surface area contributed by atoms with Gasteiger partial charge in [0.15, 0.2) is 0 Å². The van der Waals surface area contributed by atoms with Crippen molar-refractivity contribution in [3.63, 3.8) is 0 Å². The van der Waals surface area contributed by atoms with Crippen LogP contribution in [0.2, 0.25) is 10.6 Å². The highest BCUT2D eigenvalue weighted by Crippen LogP contribution is 2.09. The number of aliphatic hydroxyl groups excluding tert-OH is 1. The molecule has 1 rings (SSSR count). The van der Waals surface area contributed by atoms with Crippen LogP contribution in [0.4, 0.5) is 5.95 Å². The van der Waals surface area contributed by atoms with Crippen molar-refractivity contribution in [2.45, 2.75) is 19.4 Å². The van der Waals surface area contributed by atoms with E-state index >= 15 is 0 Å². The third kappa shape index (κ3) is 3.61. The van der Waals surface area contributed by atoms with E-state index in [1.54, 1.807) is 0 Å². The molecule has 14 heavy (non-hydrogen) atoms. The molecule has 1 atom stereocenters. The molecule has 0 aliphatic heterocycles. The minimum absolute atomic E-state index is 0.0264. The van der Waals surface area contributed by atoms with E-state index in [2.05, 4.69) is 20.3 Å². The molecule has 0 fully saturated rings. The van der Waals surface area contributed by atoms with E-state index in [-0.39, 0.29) is 16.5 Å². The molecule has 0 saturated carbocycles. The van der Waals surface area contributed by atoms with E-state index in [1.807, 2.05) is 6.92 Å². The van der Waals surface area contributed by atoms with Crippen molar-refractivity contribution in [3.05, 3.63) is 10.6 Å². The summed E-state index contributed by atoms with van der Waals surface area (Å²) in [4.78, 5) is 11.1. The molecule has 0 spiro atoms. The van der Waals surface area contributed by atoms with Gasteiger partial charge < -0.3 is 10.4 Å². The zero-order chi connectivity index (χ0) is 10.6. The van der Waals surface area contributed by atoms with E-state index in [0.29, 0.717) is 13.0 Å². The molecule has 0 aromatic carbocycles. The highest BCUT2D eigenvalue weighted by atomic mass is 35.5. The van der Waals surface area contributed by atoms with Crippen LogP contribution in [0.25, 0.3) is 0 Å². The number of rotatable bonds is 4. The quantitative estimate of drug-likeness (QED) is 0.827. The maximum atomic E-state index is 9.26. The van der Waals surface area contributed by atoms with E-state index < -0.39 is 6.10 Å². The summed E-state index contributed by atoms with van der Waals surface area (Å²) in [5.74, 6) is 0.266. The fourth-order valence-corrected chi connectivity index (χ4v) is 1.12. The molecule has 1 heterocycles. The van der Waals surface area contributed by atoms with Crippen LogP contribution in [0.15, 0.2) is 0 Å². The van der Waals surface area contributed by atoms with Crippen molar-refractivity contribution in [2.75, 3.05) is 11.9 Å². The van der Waals surface area contributed by atoms with Crippen LogP contribution in [0, 0.1) is 0 Å². The summed E-state index contributed by atoms with van der Waals surface area (Å²) in [5, 5.41) is 12.1. The normalized spacial score (nSPS) is 12.6. The molecule has 0 saturated heterocycles. The third-order valence-electron chi connectivity index (χ3n) is 1.55. The van der Waals surface area contributed by atoms with Crippen LogP contribution in [-0.4, -0.2) is 32.7 Å². The van der Waals surface area contributed by atoms with Gasteiger partial charge in [-0.2, -0.15) is 15.0 Å². The SMILES string of the molecule is CCC(O)CNc1nc(Cl)nc(Cl)n1. The van der Waals surface area contributed by atoms with E-state index in [0.717, 1.165) is 0 Å². The van der Waals surface area contributed by atoms with Crippen molar-refractivity contribution < 1.29 is 5.11 Å². The lowest BCUT2D eigenvalue weighted by atomic mass is 10.3. The number of aromatic nitrogens is 3. The fraction of sp³-hybridized carbons (Fsp3) is 0.571. The first-order valence-electron chi connectivity index (χ1n) is 4.10. The molecule has 0 bridgehead atoms. The van der Waals surface area contributed by atoms with Gasteiger partial charge in [-0.25, -0.2) is 0 Å². The molecule has 78 valence electrons.